The fourth-order valence-electron chi connectivity index (χ4n) is 5.53. The Morgan fingerprint density at radius 1 is 1.11 bits per heavy atom. The van der Waals surface area contributed by atoms with Gasteiger partial charge in [0.2, 0.25) is 0 Å². The Morgan fingerprint density at radius 3 is 2.50 bits per heavy atom. The van der Waals surface area contributed by atoms with Crippen molar-refractivity contribution in [3.63, 3.8) is 0 Å². The summed E-state index contributed by atoms with van der Waals surface area (Å²) in [7, 11) is 0. The van der Waals surface area contributed by atoms with E-state index < -0.39 is 0 Å². The van der Waals surface area contributed by atoms with Crippen LogP contribution >= 0.6 is 12.2 Å². The summed E-state index contributed by atoms with van der Waals surface area (Å²) in [6, 6.07) is 0. The van der Waals surface area contributed by atoms with Crippen LogP contribution in [-0.4, -0.2) is 10.7 Å². The first-order chi connectivity index (χ1) is 8.42. The Morgan fingerprint density at radius 2 is 1.83 bits per heavy atom. The van der Waals surface area contributed by atoms with Gasteiger partial charge in [0.15, 0.2) is 0 Å². The fourth-order valence-corrected chi connectivity index (χ4v) is 5.74. The number of aliphatic imine (C=N–C) groups is 1. The van der Waals surface area contributed by atoms with Crippen LogP contribution in [0.2, 0.25) is 0 Å². The molecular weight excluding hydrogens is 238 g/mol. The Labute approximate surface area is 116 Å². The molecule has 3 fully saturated rings. The molecule has 0 N–H and O–H groups in total. The van der Waals surface area contributed by atoms with Gasteiger partial charge in [0.05, 0.1) is 10.7 Å². The largest absolute Gasteiger partial charge is 0.226 e. The standard InChI is InChI=1S/C16H25NS/c1-10-5-6-11-13(10)14-12(15(14,2)3)7-8-16(11,4)17-9-18/h10-14H,5-8H2,1-4H3/t10-,11-,12-,13-,14-,16-/m1/s1. The van der Waals surface area contributed by atoms with Crippen LogP contribution in [-0.2, 0) is 0 Å². The molecule has 3 rings (SSSR count). The summed E-state index contributed by atoms with van der Waals surface area (Å²) < 4.78 is 0. The van der Waals surface area contributed by atoms with Gasteiger partial charge in [-0.15, -0.1) is 0 Å². The van der Waals surface area contributed by atoms with Crippen LogP contribution in [0.3, 0.4) is 0 Å². The zero-order valence-corrected chi connectivity index (χ0v) is 12.9. The van der Waals surface area contributed by atoms with Crippen molar-refractivity contribution < 1.29 is 0 Å². The van der Waals surface area contributed by atoms with Gasteiger partial charge in [0.1, 0.15) is 0 Å². The molecular formula is C16H25NS. The highest BCUT2D eigenvalue weighted by Gasteiger charge is 2.66. The average molecular weight is 263 g/mol. The molecule has 3 aliphatic rings. The first kappa shape index (κ1) is 12.8. The molecule has 1 nitrogen and oxygen atoms in total. The molecule has 0 radical (unpaired) electrons. The zero-order valence-electron chi connectivity index (χ0n) is 12.1. The van der Waals surface area contributed by atoms with Gasteiger partial charge in [-0.05, 0) is 73.4 Å². The summed E-state index contributed by atoms with van der Waals surface area (Å²) in [6.45, 7) is 9.76. The van der Waals surface area contributed by atoms with Crippen molar-refractivity contribution in [2.24, 2.45) is 40.0 Å². The number of nitrogens with zero attached hydrogens (tertiary/aromatic N) is 1. The normalized spacial score (nSPS) is 52.8. The topological polar surface area (TPSA) is 12.4 Å². The predicted molar refractivity (Wildman–Crippen MR) is 78.8 cm³/mol. The van der Waals surface area contributed by atoms with Crippen LogP contribution in [0.5, 0.6) is 0 Å². The molecule has 3 aliphatic carbocycles. The first-order valence-corrected chi connectivity index (χ1v) is 7.91. The summed E-state index contributed by atoms with van der Waals surface area (Å²) in [5, 5.41) is 2.69. The van der Waals surface area contributed by atoms with E-state index in [0.29, 0.717) is 5.41 Å². The molecule has 6 atom stereocenters. The third kappa shape index (κ3) is 1.58. The zero-order chi connectivity index (χ0) is 13.1. The summed E-state index contributed by atoms with van der Waals surface area (Å²) in [5.41, 5.74) is 0.672. The Kier molecular flexibility index (Phi) is 2.78. The second kappa shape index (κ2) is 3.90. The van der Waals surface area contributed by atoms with Crippen molar-refractivity contribution in [1.29, 1.82) is 0 Å². The SMILES string of the molecule is C[C@@H]1CC[C@@H]2[C@@H]1[C@H]1[C@@H](CC[C@@]2(C)N=C=S)C1(C)C. The number of hydrogen-bond acceptors (Lipinski definition) is 2. The molecule has 0 heterocycles. The molecule has 0 saturated heterocycles. The van der Waals surface area contributed by atoms with Gasteiger partial charge >= 0.3 is 0 Å². The van der Waals surface area contributed by atoms with Crippen molar-refractivity contribution in [2.45, 2.75) is 58.9 Å². The Hall–Kier alpha value is -0.200. The first-order valence-electron chi connectivity index (χ1n) is 7.51. The second-order valence-corrected chi connectivity index (χ2v) is 7.97. The van der Waals surface area contributed by atoms with E-state index in [-0.39, 0.29) is 5.54 Å². The minimum absolute atomic E-state index is 0.0840. The van der Waals surface area contributed by atoms with Crippen molar-refractivity contribution in [3.05, 3.63) is 0 Å². The third-order valence-corrected chi connectivity index (χ3v) is 6.76. The highest BCUT2D eigenvalue weighted by molar-refractivity contribution is 7.78. The molecule has 0 unspecified atom stereocenters. The van der Waals surface area contributed by atoms with Crippen LogP contribution < -0.4 is 0 Å². The maximum Gasteiger partial charge on any atom is 0.0713 e. The summed E-state index contributed by atoms with van der Waals surface area (Å²) >= 11 is 4.91. The predicted octanol–water partition coefficient (Wildman–Crippen LogP) is 4.58. The van der Waals surface area contributed by atoms with Gasteiger partial charge in [-0.1, -0.05) is 27.2 Å². The van der Waals surface area contributed by atoms with Crippen LogP contribution in [0.25, 0.3) is 0 Å². The van der Waals surface area contributed by atoms with Gasteiger partial charge in [0, 0.05) is 0 Å². The van der Waals surface area contributed by atoms with E-state index in [2.05, 4.69) is 37.8 Å². The minimum atomic E-state index is 0.0840. The summed E-state index contributed by atoms with van der Waals surface area (Å²) in [5.74, 6) is 4.39. The lowest BCUT2D eigenvalue weighted by Gasteiger charge is -2.35. The molecule has 0 aromatic carbocycles. The van der Waals surface area contributed by atoms with Crippen molar-refractivity contribution >= 4 is 17.4 Å². The molecule has 0 aromatic rings. The quantitative estimate of drug-likeness (QED) is 0.498. The average Bonchev–Trinajstić information content (AvgIpc) is 2.65. The monoisotopic (exact) mass is 263 g/mol. The lowest BCUT2D eigenvalue weighted by molar-refractivity contribution is 0.176. The van der Waals surface area contributed by atoms with Crippen LogP contribution in [0.15, 0.2) is 4.99 Å². The molecule has 3 saturated carbocycles. The van der Waals surface area contributed by atoms with Crippen LogP contribution in [0.1, 0.15) is 53.4 Å². The molecule has 2 heteroatoms. The fraction of sp³-hybridized carbons (Fsp3) is 0.938. The maximum absolute atomic E-state index is 4.91. The summed E-state index contributed by atoms with van der Waals surface area (Å²) in [4.78, 5) is 4.62. The second-order valence-electron chi connectivity index (χ2n) is 7.79. The Balaban J connectivity index is 1.97. The van der Waals surface area contributed by atoms with E-state index in [1.54, 1.807) is 0 Å². The van der Waals surface area contributed by atoms with E-state index in [0.717, 1.165) is 29.6 Å². The van der Waals surface area contributed by atoms with E-state index >= 15 is 0 Å². The van der Waals surface area contributed by atoms with Gasteiger partial charge in [-0.3, -0.25) is 0 Å². The van der Waals surface area contributed by atoms with Crippen molar-refractivity contribution in [2.75, 3.05) is 0 Å². The molecule has 100 valence electrons. The highest BCUT2D eigenvalue weighted by atomic mass is 32.1. The summed E-state index contributed by atoms with van der Waals surface area (Å²) in [6.07, 6.45) is 5.29. The molecule has 18 heavy (non-hydrogen) atoms. The number of isothiocyanates is 1. The molecule has 0 spiro atoms. The van der Waals surface area contributed by atoms with E-state index in [9.17, 15) is 0 Å². The van der Waals surface area contributed by atoms with Gasteiger partial charge in [0.25, 0.3) is 0 Å². The number of fused-ring (bicyclic) bond motifs is 3. The molecule has 0 amide bonds. The number of hydrogen-bond donors (Lipinski definition) is 0. The molecule has 0 bridgehead atoms. The van der Waals surface area contributed by atoms with Crippen molar-refractivity contribution in [3.8, 4) is 0 Å². The maximum atomic E-state index is 4.91. The van der Waals surface area contributed by atoms with Gasteiger partial charge in [-0.25, -0.2) is 4.99 Å². The smallest absolute Gasteiger partial charge is 0.0713 e. The van der Waals surface area contributed by atoms with E-state index in [1.807, 2.05) is 0 Å². The Bertz CT molecular complexity index is 409. The molecule has 0 aliphatic heterocycles. The third-order valence-electron chi connectivity index (χ3n) is 6.67. The number of thiocarbonyl (C=S) groups is 1. The highest BCUT2D eigenvalue weighted by Crippen LogP contribution is 2.71. The van der Waals surface area contributed by atoms with Crippen LogP contribution in [0.4, 0.5) is 0 Å². The minimum Gasteiger partial charge on any atom is -0.226 e. The lowest BCUT2D eigenvalue weighted by atomic mass is 9.73. The van der Waals surface area contributed by atoms with Gasteiger partial charge < -0.3 is 0 Å². The molecule has 0 aromatic heterocycles. The van der Waals surface area contributed by atoms with Gasteiger partial charge in [-0.2, -0.15) is 0 Å². The number of rotatable bonds is 1. The van der Waals surface area contributed by atoms with Crippen LogP contribution in [0, 0.1) is 35.0 Å². The van der Waals surface area contributed by atoms with Crippen molar-refractivity contribution in [1.82, 2.24) is 0 Å². The van der Waals surface area contributed by atoms with E-state index in [1.165, 1.54) is 25.7 Å². The lowest BCUT2D eigenvalue weighted by Crippen LogP contribution is -2.36. The van der Waals surface area contributed by atoms with E-state index in [4.69, 9.17) is 12.2 Å².